The van der Waals surface area contributed by atoms with Gasteiger partial charge in [-0.2, -0.15) is 0 Å². The summed E-state index contributed by atoms with van der Waals surface area (Å²) < 4.78 is 53.0. The highest BCUT2D eigenvalue weighted by Gasteiger charge is 2.14. The van der Waals surface area contributed by atoms with Gasteiger partial charge in [0, 0.05) is 38.0 Å². The molecule has 156 valence electrons. The second-order valence-electron chi connectivity index (χ2n) is 6.73. The Hall–Kier alpha value is -2.77. The lowest BCUT2D eigenvalue weighted by atomic mass is 10.0. The van der Waals surface area contributed by atoms with Crippen molar-refractivity contribution in [1.29, 1.82) is 0 Å². The monoisotopic (exact) mass is 409 g/mol. The Balaban J connectivity index is 2.27. The number of nitrogens with zero attached hydrogens (tertiary/aromatic N) is 3. The molecule has 0 aliphatic rings. The Morgan fingerprint density at radius 1 is 1.14 bits per heavy atom. The summed E-state index contributed by atoms with van der Waals surface area (Å²) in [6.07, 6.45) is 3.37. The third kappa shape index (κ3) is 6.66. The molecule has 0 N–H and O–H groups in total. The second-order valence-corrected chi connectivity index (χ2v) is 6.73. The Morgan fingerprint density at radius 2 is 1.83 bits per heavy atom. The summed E-state index contributed by atoms with van der Waals surface area (Å²) in [5.74, 6) is -0.682. The van der Waals surface area contributed by atoms with Crippen molar-refractivity contribution in [3.63, 3.8) is 0 Å². The molecule has 4 nitrogen and oxygen atoms in total. The number of carbonyl (C=O) groups excluding carboxylic acids is 1. The Bertz CT molecular complexity index is 841. The maximum absolute atomic E-state index is 14.4. The molecule has 29 heavy (non-hydrogen) atoms. The zero-order valence-electron chi connectivity index (χ0n) is 16.3. The average molecular weight is 409 g/mol. The molecule has 2 rings (SSSR count). The molecule has 0 bridgehead atoms. The molecule has 0 aliphatic heterocycles. The van der Waals surface area contributed by atoms with Gasteiger partial charge in [0.25, 0.3) is 0 Å². The molecule has 0 saturated heterocycles. The van der Waals surface area contributed by atoms with E-state index in [9.17, 15) is 22.4 Å². The molecule has 0 spiro atoms. The van der Waals surface area contributed by atoms with Crippen LogP contribution >= 0.6 is 0 Å². The van der Waals surface area contributed by atoms with Gasteiger partial charge in [0.2, 0.25) is 6.43 Å². The summed E-state index contributed by atoms with van der Waals surface area (Å²) in [5.41, 5.74) is 0.809. The molecular weight excluding hydrogens is 386 g/mol. The first-order chi connectivity index (χ1) is 13.8. The van der Waals surface area contributed by atoms with Crippen molar-refractivity contribution in [3.05, 3.63) is 53.2 Å². The molecule has 0 saturated carbocycles. The molecule has 1 aromatic heterocycles. The Kier molecular flexibility index (Phi) is 8.30. The molecule has 1 atom stereocenters. The SMILES string of the molecule is CCCC(F)CN(C)/C=C\c1cc(-c2ncc(CC(F)F)cn2)c(F)cc1C=O. The van der Waals surface area contributed by atoms with E-state index in [0.29, 0.717) is 18.3 Å². The van der Waals surface area contributed by atoms with Crippen molar-refractivity contribution in [2.45, 2.75) is 38.8 Å². The van der Waals surface area contributed by atoms with Crippen molar-refractivity contribution < 1.29 is 22.4 Å². The van der Waals surface area contributed by atoms with Crippen LogP contribution in [-0.4, -0.2) is 47.3 Å². The van der Waals surface area contributed by atoms with Gasteiger partial charge in [-0.25, -0.2) is 27.5 Å². The molecule has 0 fully saturated rings. The van der Waals surface area contributed by atoms with Crippen molar-refractivity contribution in [2.75, 3.05) is 13.6 Å². The number of hydrogen-bond acceptors (Lipinski definition) is 4. The summed E-state index contributed by atoms with van der Waals surface area (Å²) in [4.78, 5) is 20.9. The first-order valence-electron chi connectivity index (χ1n) is 9.24. The van der Waals surface area contributed by atoms with E-state index < -0.39 is 24.8 Å². The number of aldehydes is 1. The molecule has 0 amide bonds. The highest BCUT2D eigenvalue weighted by Crippen LogP contribution is 2.24. The maximum atomic E-state index is 14.4. The van der Waals surface area contributed by atoms with Crippen molar-refractivity contribution in [2.24, 2.45) is 0 Å². The lowest BCUT2D eigenvalue weighted by Gasteiger charge is -2.17. The Morgan fingerprint density at radius 3 is 2.41 bits per heavy atom. The quantitative estimate of drug-likeness (QED) is 0.412. The van der Waals surface area contributed by atoms with Crippen LogP contribution in [0.3, 0.4) is 0 Å². The van der Waals surface area contributed by atoms with Crippen LogP contribution in [0.5, 0.6) is 0 Å². The van der Waals surface area contributed by atoms with E-state index in [-0.39, 0.29) is 29.1 Å². The van der Waals surface area contributed by atoms with Gasteiger partial charge < -0.3 is 4.90 Å². The third-order valence-electron chi connectivity index (χ3n) is 4.23. The molecule has 1 unspecified atom stereocenters. The number of carbonyl (C=O) groups is 1. The first kappa shape index (κ1) is 22.5. The largest absolute Gasteiger partial charge is 0.377 e. The summed E-state index contributed by atoms with van der Waals surface area (Å²) in [6.45, 7) is 2.10. The lowest BCUT2D eigenvalue weighted by molar-refractivity contribution is 0.112. The molecule has 8 heteroatoms. The van der Waals surface area contributed by atoms with Crippen molar-refractivity contribution >= 4 is 12.4 Å². The van der Waals surface area contributed by atoms with E-state index in [0.717, 1.165) is 12.5 Å². The number of halogens is 4. The van der Waals surface area contributed by atoms with Gasteiger partial charge in [-0.3, -0.25) is 4.79 Å². The van der Waals surface area contributed by atoms with Crippen LogP contribution in [0.2, 0.25) is 0 Å². The van der Waals surface area contributed by atoms with E-state index in [1.807, 2.05) is 6.92 Å². The molecular formula is C21H23F4N3O. The van der Waals surface area contributed by atoms with Crippen LogP contribution in [0, 0.1) is 5.82 Å². The number of alkyl halides is 3. The van der Waals surface area contributed by atoms with Crippen LogP contribution in [-0.2, 0) is 6.42 Å². The van der Waals surface area contributed by atoms with Gasteiger partial charge in [0.05, 0.1) is 5.56 Å². The highest BCUT2D eigenvalue weighted by atomic mass is 19.3. The number of benzene rings is 1. The fourth-order valence-corrected chi connectivity index (χ4v) is 2.79. The lowest BCUT2D eigenvalue weighted by Crippen LogP contribution is -2.21. The minimum atomic E-state index is -2.52. The van der Waals surface area contributed by atoms with E-state index in [4.69, 9.17) is 0 Å². The van der Waals surface area contributed by atoms with E-state index in [1.54, 1.807) is 24.2 Å². The predicted octanol–water partition coefficient (Wildman–Crippen LogP) is 4.94. The molecule has 0 radical (unpaired) electrons. The van der Waals surface area contributed by atoms with Gasteiger partial charge in [0.15, 0.2) is 12.1 Å². The van der Waals surface area contributed by atoms with E-state index in [2.05, 4.69) is 9.97 Å². The number of hydrogen-bond donors (Lipinski definition) is 0. The van der Waals surface area contributed by atoms with Crippen LogP contribution in [0.1, 0.15) is 41.3 Å². The van der Waals surface area contributed by atoms with Crippen LogP contribution in [0.4, 0.5) is 17.6 Å². The van der Waals surface area contributed by atoms with E-state index >= 15 is 0 Å². The van der Waals surface area contributed by atoms with Crippen LogP contribution < -0.4 is 0 Å². The van der Waals surface area contributed by atoms with Crippen LogP contribution in [0.15, 0.2) is 30.7 Å². The zero-order valence-corrected chi connectivity index (χ0v) is 16.3. The van der Waals surface area contributed by atoms with Gasteiger partial charge in [-0.05, 0) is 42.0 Å². The summed E-state index contributed by atoms with van der Waals surface area (Å²) in [6, 6.07) is 2.47. The summed E-state index contributed by atoms with van der Waals surface area (Å²) in [5, 5.41) is 0. The number of aromatic nitrogens is 2. The molecule has 1 aromatic carbocycles. The minimum absolute atomic E-state index is 0.0211. The minimum Gasteiger partial charge on any atom is -0.377 e. The second kappa shape index (κ2) is 10.7. The molecule has 0 aliphatic carbocycles. The van der Waals surface area contributed by atoms with Gasteiger partial charge >= 0.3 is 0 Å². The smallest absolute Gasteiger partial charge is 0.242 e. The van der Waals surface area contributed by atoms with Crippen LogP contribution in [0.25, 0.3) is 17.5 Å². The fourth-order valence-electron chi connectivity index (χ4n) is 2.79. The highest BCUT2D eigenvalue weighted by molar-refractivity contribution is 5.84. The fraction of sp³-hybridized carbons (Fsp3) is 0.381. The summed E-state index contributed by atoms with van der Waals surface area (Å²) in [7, 11) is 1.70. The van der Waals surface area contributed by atoms with Crippen molar-refractivity contribution in [1.82, 2.24) is 14.9 Å². The summed E-state index contributed by atoms with van der Waals surface area (Å²) >= 11 is 0. The molecule has 1 heterocycles. The maximum Gasteiger partial charge on any atom is 0.242 e. The predicted molar refractivity (Wildman–Crippen MR) is 104 cm³/mol. The van der Waals surface area contributed by atoms with Gasteiger partial charge in [-0.15, -0.1) is 0 Å². The molecule has 2 aromatic rings. The topological polar surface area (TPSA) is 46.1 Å². The van der Waals surface area contributed by atoms with Gasteiger partial charge in [0.1, 0.15) is 12.0 Å². The zero-order chi connectivity index (χ0) is 21.4. The first-order valence-corrected chi connectivity index (χ1v) is 9.24. The Labute approximate surface area is 167 Å². The van der Waals surface area contributed by atoms with Gasteiger partial charge in [-0.1, -0.05) is 13.3 Å². The van der Waals surface area contributed by atoms with Crippen molar-refractivity contribution in [3.8, 4) is 11.4 Å². The number of rotatable bonds is 10. The average Bonchev–Trinajstić information content (AvgIpc) is 2.67. The third-order valence-corrected chi connectivity index (χ3v) is 4.23. The normalized spacial score (nSPS) is 12.5. The van der Waals surface area contributed by atoms with E-state index in [1.165, 1.54) is 18.5 Å². The standard InChI is InChI=1S/C21H23F4N3O/c1-3-4-17(22)12-28(2)6-5-15-8-18(19(23)9-16(15)13-29)21-26-10-14(11-27-21)7-20(24)25/h5-6,8-11,13,17,20H,3-4,7,12H2,1-2H3/b6-5-.